The predicted octanol–water partition coefficient (Wildman–Crippen LogP) is 2.15. The first-order valence-electron chi connectivity index (χ1n) is 6.37. The van der Waals surface area contributed by atoms with Crippen molar-refractivity contribution in [3.05, 3.63) is 34.4 Å². The number of carboxylic acids is 1. The van der Waals surface area contributed by atoms with Gasteiger partial charge in [-0.1, -0.05) is 12.1 Å². The lowest BCUT2D eigenvalue weighted by molar-refractivity contribution is -0.139. The van der Waals surface area contributed by atoms with Crippen molar-refractivity contribution in [2.45, 2.75) is 39.7 Å². The van der Waals surface area contributed by atoms with E-state index in [1.165, 1.54) is 0 Å². The van der Waals surface area contributed by atoms with Gasteiger partial charge in [-0.25, -0.2) is 0 Å². The summed E-state index contributed by atoms with van der Waals surface area (Å²) in [7, 11) is 0. The Kier molecular flexibility index (Phi) is 3.16. The van der Waals surface area contributed by atoms with Crippen LogP contribution in [-0.2, 0) is 4.79 Å². The van der Waals surface area contributed by atoms with Gasteiger partial charge in [0, 0.05) is 0 Å². The number of aliphatic carboxylic acids is 1. The van der Waals surface area contributed by atoms with Gasteiger partial charge in [0.05, 0.1) is 23.1 Å². The standard InChI is InChI=1S/C15H17NO4/c1-8-5-6-9(2)12-11(8)13(19)16(14(12)20)15(3,4)7-10(17)18/h5-6H,7H2,1-4H3,(H,17,18). The van der Waals surface area contributed by atoms with Crippen LogP contribution < -0.4 is 0 Å². The topological polar surface area (TPSA) is 74.7 Å². The lowest BCUT2D eigenvalue weighted by atomic mass is 9.98. The average molecular weight is 275 g/mol. The third-order valence-electron chi connectivity index (χ3n) is 3.65. The summed E-state index contributed by atoms with van der Waals surface area (Å²) in [4.78, 5) is 37.1. The molecule has 5 heteroatoms. The molecule has 1 aromatic rings. The molecule has 0 aliphatic carbocycles. The van der Waals surface area contributed by atoms with Crippen LogP contribution in [0.25, 0.3) is 0 Å². The molecule has 0 atom stereocenters. The first-order chi connectivity index (χ1) is 9.16. The molecule has 0 spiro atoms. The van der Waals surface area contributed by atoms with Crippen molar-refractivity contribution in [1.82, 2.24) is 4.90 Å². The second kappa shape index (κ2) is 4.44. The summed E-state index contributed by atoms with van der Waals surface area (Å²) in [6.07, 6.45) is -0.281. The highest BCUT2D eigenvalue weighted by Gasteiger charge is 2.46. The minimum absolute atomic E-state index is 0.281. The maximum absolute atomic E-state index is 12.5. The lowest BCUT2D eigenvalue weighted by Crippen LogP contribution is -2.48. The molecule has 2 rings (SSSR count). The van der Waals surface area contributed by atoms with E-state index < -0.39 is 23.3 Å². The van der Waals surface area contributed by atoms with Crippen molar-refractivity contribution in [3.8, 4) is 0 Å². The van der Waals surface area contributed by atoms with Crippen molar-refractivity contribution in [2.24, 2.45) is 0 Å². The molecule has 0 bridgehead atoms. The molecule has 0 aromatic heterocycles. The molecule has 0 saturated heterocycles. The van der Waals surface area contributed by atoms with Gasteiger partial charge in [-0.15, -0.1) is 0 Å². The van der Waals surface area contributed by atoms with E-state index in [1.54, 1.807) is 39.8 Å². The number of benzene rings is 1. The summed E-state index contributed by atoms with van der Waals surface area (Å²) in [5.74, 6) is -1.85. The number of fused-ring (bicyclic) bond motifs is 1. The Hall–Kier alpha value is -2.17. The number of carbonyl (C=O) groups is 3. The first kappa shape index (κ1) is 14.2. The molecule has 0 radical (unpaired) electrons. The highest BCUT2D eigenvalue weighted by atomic mass is 16.4. The Labute approximate surface area is 117 Å². The molecule has 1 heterocycles. The fraction of sp³-hybridized carbons (Fsp3) is 0.400. The zero-order valence-electron chi connectivity index (χ0n) is 12.0. The van der Waals surface area contributed by atoms with Gasteiger partial charge in [-0.3, -0.25) is 19.3 Å². The third kappa shape index (κ3) is 1.99. The minimum atomic E-state index is -1.06. The number of nitrogens with zero attached hydrogens (tertiary/aromatic N) is 1. The van der Waals surface area contributed by atoms with Crippen molar-refractivity contribution in [1.29, 1.82) is 0 Å². The Morgan fingerprint density at radius 1 is 1.10 bits per heavy atom. The van der Waals surface area contributed by atoms with Gasteiger partial charge in [-0.2, -0.15) is 0 Å². The summed E-state index contributed by atoms with van der Waals surface area (Å²) in [6.45, 7) is 6.73. The van der Waals surface area contributed by atoms with Crippen LogP contribution >= 0.6 is 0 Å². The van der Waals surface area contributed by atoms with E-state index in [4.69, 9.17) is 5.11 Å². The molecule has 1 aliphatic rings. The van der Waals surface area contributed by atoms with E-state index in [9.17, 15) is 14.4 Å². The number of hydrogen-bond acceptors (Lipinski definition) is 3. The number of carboxylic acid groups (broad SMARTS) is 1. The second-order valence-electron chi connectivity index (χ2n) is 5.78. The largest absolute Gasteiger partial charge is 0.481 e. The predicted molar refractivity (Wildman–Crippen MR) is 72.7 cm³/mol. The van der Waals surface area contributed by atoms with E-state index in [0.29, 0.717) is 11.1 Å². The smallest absolute Gasteiger partial charge is 0.305 e. The van der Waals surface area contributed by atoms with E-state index >= 15 is 0 Å². The Bertz CT molecular complexity index is 590. The fourth-order valence-corrected chi connectivity index (χ4v) is 2.68. The van der Waals surface area contributed by atoms with E-state index in [2.05, 4.69) is 0 Å². The van der Waals surface area contributed by atoms with Crippen LogP contribution in [-0.4, -0.2) is 33.3 Å². The maximum Gasteiger partial charge on any atom is 0.305 e. The Morgan fingerprint density at radius 3 is 1.85 bits per heavy atom. The van der Waals surface area contributed by atoms with Gasteiger partial charge in [0.2, 0.25) is 0 Å². The van der Waals surface area contributed by atoms with Gasteiger partial charge in [0.1, 0.15) is 0 Å². The SMILES string of the molecule is Cc1ccc(C)c2c1C(=O)N(C(C)(C)CC(=O)O)C2=O. The zero-order valence-corrected chi connectivity index (χ0v) is 12.0. The zero-order chi connectivity index (χ0) is 15.2. The van der Waals surface area contributed by atoms with Crippen molar-refractivity contribution in [2.75, 3.05) is 0 Å². The fourth-order valence-electron chi connectivity index (χ4n) is 2.68. The summed E-state index contributed by atoms with van der Waals surface area (Å²) < 4.78 is 0. The maximum atomic E-state index is 12.5. The van der Waals surface area contributed by atoms with Crippen molar-refractivity contribution in [3.63, 3.8) is 0 Å². The van der Waals surface area contributed by atoms with Crippen LogP contribution in [0, 0.1) is 13.8 Å². The van der Waals surface area contributed by atoms with Gasteiger partial charge in [-0.05, 0) is 38.8 Å². The molecular formula is C15H17NO4. The molecule has 5 nitrogen and oxygen atoms in total. The molecule has 0 fully saturated rings. The summed E-state index contributed by atoms with van der Waals surface area (Å²) >= 11 is 0. The highest BCUT2D eigenvalue weighted by Crippen LogP contribution is 2.34. The number of carbonyl (C=O) groups excluding carboxylic acids is 2. The Balaban J connectivity index is 2.56. The normalized spacial score (nSPS) is 14.7. The van der Waals surface area contributed by atoms with Crippen LogP contribution in [0.15, 0.2) is 12.1 Å². The monoisotopic (exact) mass is 275 g/mol. The minimum Gasteiger partial charge on any atom is -0.481 e. The van der Waals surface area contributed by atoms with E-state index in [-0.39, 0.29) is 6.42 Å². The molecule has 20 heavy (non-hydrogen) atoms. The van der Waals surface area contributed by atoms with Gasteiger partial charge in [0.15, 0.2) is 0 Å². The third-order valence-corrected chi connectivity index (χ3v) is 3.65. The summed E-state index contributed by atoms with van der Waals surface area (Å²) in [6, 6.07) is 3.60. The first-order valence-corrected chi connectivity index (χ1v) is 6.37. The number of amides is 2. The van der Waals surface area contributed by atoms with E-state index in [0.717, 1.165) is 16.0 Å². The Morgan fingerprint density at radius 2 is 1.50 bits per heavy atom. The molecule has 0 saturated carbocycles. The molecule has 0 unspecified atom stereocenters. The quantitative estimate of drug-likeness (QED) is 0.858. The van der Waals surface area contributed by atoms with Crippen LogP contribution in [0.2, 0.25) is 0 Å². The van der Waals surface area contributed by atoms with E-state index in [1.807, 2.05) is 0 Å². The summed E-state index contributed by atoms with van der Waals surface area (Å²) in [5.41, 5.74) is 1.20. The average Bonchev–Trinajstić information content (AvgIpc) is 2.56. The summed E-state index contributed by atoms with van der Waals surface area (Å²) in [5, 5.41) is 8.96. The van der Waals surface area contributed by atoms with Gasteiger partial charge >= 0.3 is 5.97 Å². The molecule has 1 aromatic carbocycles. The van der Waals surface area contributed by atoms with Gasteiger partial charge in [0.25, 0.3) is 11.8 Å². The van der Waals surface area contributed by atoms with Crippen LogP contribution in [0.5, 0.6) is 0 Å². The van der Waals surface area contributed by atoms with Gasteiger partial charge < -0.3 is 5.11 Å². The van der Waals surface area contributed by atoms with Crippen LogP contribution in [0.3, 0.4) is 0 Å². The molecule has 1 aliphatic heterocycles. The number of imide groups is 1. The number of aryl methyl sites for hydroxylation is 2. The molecular weight excluding hydrogens is 258 g/mol. The number of hydrogen-bond donors (Lipinski definition) is 1. The number of rotatable bonds is 3. The lowest BCUT2D eigenvalue weighted by Gasteiger charge is -2.32. The highest BCUT2D eigenvalue weighted by molar-refractivity contribution is 6.23. The van der Waals surface area contributed by atoms with Crippen molar-refractivity contribution < 1.29 is 19.5 Å². The second-order valence-corrected chi connectivity index (χ2v) is 5.78. The molecule has 1 N–H and O–H groups in total. The van der Waals surface area contributed by atoms with Crippen LogP contribution in [0.1, 0.15) is 52.1 Å². The van der Waals surface area contributed by atoms with Crippen LogP contribution in [0.4, 0.5) is 0 Å². The molecule has 106 valence electrons. The van der Waals surface area contributed by atoms with Crippen molar-refractivity contribution >= 4 is 17.8 Å². The molecule has 2 amide bonds.